The molecule has 3 aromatic rings. The van der Waals surface area contributed by atoms with E-state index in [1.165, 1.54) is 0 Å². The summed E-state index contributed by atoms with van der Waals surface area (Å²) in [5.41, 5.74) is 6.52. The molecule has 1 amide bonds. The van der Waals surface area contributed by atoms with Gasteiger partial charge < -0.3 is 25.9 Å². The van der Waals surface area contributed by atoms with Gasteiger partial charge in [-0.05, 0) is 30.2 Å². The van der Waals surface area contributed by atoms with Crippen LogP contribution in [-0.2, 0) is 6.42 Å². The molecule has 0 fully saturated rings. The number of anilines is 2. The Kier molecular flexibility index (Phi) is 4.28. The Morgan fingerprint density at radius 1 is 1.28 bits per heavy atom. The van der Waals surface area contributed by atoms with Crippen molar-refractivity contribution in [2.45, 2.75) is 13.3 Å². The molecular formula is C17H14N3O4S-. The van der Waals surface area contributed by atoms with E-state index in [2.05, 4.69) is 10.3 Å². The third-order valence-corrected chi connectivity index (χ3v) is 4.93. The fourth-order valence-corrected chi connectivity index (χ4v) is 3.40. The van der Waals surface area contributed by atoms with Gasteiger partial charge >= 0.3 is 0 Å². The molecule has 25 heavy (non-hydrogen) atoms. The van der Waals surface area contributed by atoms with Crippen molar-refractivity contribution < 1.29 is 14.7 Å². The number of carboxylic acid groups (broad SMARTS) is 1. The highest BCUT2D eigenvalue weighted by atomic mass is 32.1. The second kappa shape index (κ2) is 6.40. The van der Waals surface area contributed by atoms with Crippen LogP contribution in [0.2, 0.25) is 0 Å². The second-order valence-corrected chi connectivity index (χ2v) is 6.41. The average molecular weight is 356 g/mol. The zero-order valence-corrected chi connectivity index (χ0v) is 14.0. The zero-order valence-electron chi connectivity index (χ0n) is 13.2. The minimum atomic E-state index is -1.60. The van der Waals surface area contributed by atoms with Gasteiger partial charge in [-0.2, -0.15) is 0 Å². The molecule has 0 spiro atoms. The maximum Gasteiger partial charge on any atom is 0.267 e. The van der Waals surface area contributed by atoms with Crippen molar-refractivity contribution in [1.82, 2.24) is 4.98 Å². The number of carboxylic acids is 1. The maximum absolute atomic E-state index is 12.5. The van der Waals surface area contributed by atoms with Crippen molar-refractivity contribution >= 4 is 44.8 Å². The van der Waals surface area contributed by atoms with Gasteiger partial charge in [-0.15, -0.1) is 11.3 Å². The minimum absolute atomic E-state index is 0.112. The molecule has 0 aliphatic heterocycles. The normalized spacial score (nSPS) is 10.8. The molecule has 0 unspecified atom stereocenters. The summed E-state index contributed by atoms with van der Waals surface area (Å²) in [5.74, 6) is -2.03. The Balaban J connectivity index is 1.97. The molecule has 2 aromatic heterocycles. The molecule has 7 nitrogen and oxygen atoms in total. The highest BCUT2D eigenvalue weighted by Crippen LogP contribution is 2.32. The van der Waals surface area contributed by atoms with E-state index in [0.29, 0.717) is 15.9 Å². The van der Waals surface area contributed by atoms with E-state index >= 15 is 0 Å². The Hall–Kier alpha value is -3.13. The Morgan fingerprint density at radius 3 is 2.56 bits per heavy atom. The number of rotatable bonds is 4. The fourth-order valence-electron chi connectivity index (χ4n) is 2.41. The summed E-state index contributed by atoms with van der Waals surface area (Å²) in [6.07, 6.45) is 0.894. The van der Waals surface area contributed by atoms with Crippen LogP contribution in [0.5, 0.6) is 0 Å². The number of fused-ring (bicyclic) bond motifs is 1. The van der Waals surface area contributed by atoms with E-state index < -0.39 is 23.0 Å². The number of aryl methyl sites for hydroxylation is 1. The van der Waals surface area contributed by atoms with Crippen LogP contribution in [0.1, 0.15) is 32.5 Å². The molecule has 4 N–H and O–H groups in total. The molecule has 0 saturated carbocycles. The van der Waals surface area contributed by atoms with Gasteiger partial charge in [-0.1, -0.05) is 19.1 Å². The van der Waals surface area contributed by atoms with Crippen molar-refractivity contribution in [3.63, 3.8) is 0 Å². The number of hydrogen-bond donors (Lipinski definition) is 3. The third-order valence-electron chi connectivity index (χ3n) is 3.79. The molecule has 0 aliphatic rings. The number of pyridine rings is 1. The second-order valence-electron chi connectivity index (χ2n) is 5.39. The molecule has 0 atom stereocenters. The molecule has 8 heteroatoms. The van der Waals surface area contributed by atoms with Gasteiger partial charge in [0.05, 0.1) is 17.2 Å². The molecular weight excluding hydrogens is 342 g/mol. The third kappa shape index (κ3) is 3.11. The van der Waals surface area contributed by atoms with Gasteiger partial charge in [0.2, 0.25) is 0 Å². The van der Waals surface area contributed by atoms with Crippen LogP contribution in [0.4, 0.5) is 11.4 Å². The molecule has 2 heterocycles. The number of carbonyl (C=O) groups is 2. The first kappa shape index (κ1) is 16.7. The van der Waals surface area contributed by atoms with Gasteiger partial charge in [0.25, 0.3) is 11.5 Å². The van der Waals surface area contributed by atoms with E-state index in [0.717, 1.165) is 29.4 Å². The average Bonchev–Trinajstić information content (AvgIpc) is 2.90. The topological polar surface area (TPSA) is 128 Å². The van der Waals surface area contributed by atoms with Crippen LogP contribution >= 0.6 is 11.3 Å². The molecule has 0 saturated heterocycles. The number of aromatic amines is 1. The molecule has 0 radical (unpaired) electrons. The highest BCUT2D eigenvalue weighted by Gasteiger charge is 2.18. The summed E-state index contributed by atoms with van der Waals surface area (Å²) in [6, 6.07) is 8.52. The van der Waals surface area contributed by atoms with Crippen molar-refractivity contribution in [3.8, 4) is 0 Å². The summed E-state index contributed by atoms with van der Waals surface area (Å²) < 4.78 is 0. The van der Waals surface area contributed by atoms with Crippen LogP contribution in [-0.4, -0.2) is 16.9 Å². The number of benzene rings is 1. The number of aromatic carboxylic acids is 1. The summed E-state index contributed by atoms with van der Waals surface area (Å²) in [5, 5.41) is 14.0. The number of aromatic nitrogens is 1. The lowest BCUT2D eigenvalue weighted by Crippen LogP contribution is -2.29. The number of amides is 1. The fraction of sp³-hybridized carbons (Fsp3) is 0.118. The van der Waals surface area contributed by atoms with E-state index in [4.69, 9.17) is 5.73 Å². The predicted molar refractivity (Wildman–Crippen MR) is 95.0 cm³/mol. The summed E-state index contributed by atoms with van der Waals surface area (Å²) >= 11 is 0.988. The Morgan fingerprint density at radius 2 is 1.96 bits per heavy atom. The van der Waals surface area contributed by atoms with Crippen LogP contribution in [0.15, 0.2) is 35.1 Å². The largest absolute Gasteiger partial charge is 0.545 e. The van der Waals surface area contributed by atoms with Crippen LogP contribution in [0.3, 0.4) is 0 Å². The Labute approximate surface area is 146 Å². The lowest BCUT2D eigenvalue weighted by Gasteiger charge is -2.05. The number of H-pyrrole nitrogens is 1. The quantitative estimate of drug-likeness (QED) is 0.650. The molecule has 0 bridgehead atoms. The van der Waals surface area contributed by atoms with Gasteiger partial charge in [-0.25, -0.2) is 0 Å². The number of thiophene rings is 1. The Bertz CT molecular complexity index is 1030. The molecule has 3 rings (SSSR count). The van der Waals surface area contributed by atoms with E-state index in [1.54, 1.807) is 12.1 Å². The first-order chi connectivity index (χ1) is 11.9. The van der Waals surface area contributed by atoms with E-state index in [1.807, 2.05) is 19.1 Å². The van der Waals surface area contributed by atoms with Gasteiger partial charge in [-0.3, -0.25) is 9.59 Å². The minimum Gasteiger partial charge on any atom is -0.545 e. The smallest absolute Gasteiger partial charge is 0.267 e. The van der Waals surface area contributed by atoms with Gasteiger partial charge in [0.1, 0.15) is 9.71 Å². The van der Waals surface area contributed by atoms with Crippen LogP contribution < -0.4 is 21.7 Å². The summed E-state index contributed by atoms with van der Waals surface area (Å²) in [4.78, 5) is 38.1. The van der Waals surface area contributed by atoms with Crippen molar-refractivity contribution in [2.75, 3.05) is 11.1 Å². The zero-order chi connectivity index (χ0) is 18.1. The lowest BCUT2D eigenvalue weighted by atomic mass is 10.1. The molecule has 1 aromatic carbocycles. The first-order valence-corrected chi connectivity index (χ1v) is 8.29. The number of nitrogen functional groups attached to an aromatic ring is 1. The summed E-state index contributed by atoms with van der Waals surface area (Å²) in [6.45, 7) is 2.03. The number of carbonyl (C=O) groups excluding carboxylic acids is 2. The van der Waals surface area contributed by atoms with E-state index in [9.17, 15) is 19.5 Å². The van der Waals surface area contributed by atoms with Crippen LogP contribution in [0, 0.1) is 0 Å². The van der Waals surface area contributed by atoms with Gasteiger partial charge in [0, 0.05) is 11.1 Å². The predicted octanol–water partition coefficient (Wildman–Crippen LogP) is 1.35. The van der Waals surface area contributed by atoms with Crippen molar-refractivity contribution in [1.29, 1.82) is 0 Å². The highest BCUT2D eigenvalue weighted by molar-refractivity contribution is 7.21. The number of hydrogen-bond acceptors (Lipinski definition) is 6. The maximum atomic E-state index is 12.5. The van der Waals surface area contributed by atoms with Gasteiger partial charge in [0.15, 0.2) is 0 Å². The number of nitrogens with two attached hydrogens (primary N) is 1. The summed E-state index contributed by atoms with van der Waals surface area (Å²) in [7, 11) is 0. The monoisotopic (exact) mass is 356 g/mol. The SMILES string of the molecule is CCc1ccc(NC(=O)c2sc3[nH]c(=O)c(C(=O)[O-])cc3c2N)cc1. The number of nitrogens with one attached hydrogen (secondary N) is 2. The lowest BCUT2D eigenvalue weighted by molar-refractivity contribution is -0.255. The van der Waals surface area contributed by atoms with Crippen molar-refractivity contribution in [2.24, 2.45) is 0 Å². The van der Waals surface area contributed by atoms with Crippen LogP contribution in [0.25, 0.3) is 10.2 Å². The van der Waals surface area contributed by atoms with E-state index in [-0.39, 0.29) is 10.6 Å². The standard InChI is InChI=1S/C17H15N3O4S/c1-2-8-3-5-9(6-4-8)19-15(22)13-12(18)10-7-11(17(23)24)14(21)20-16(10)25-13/h3-7H,2,18H2,1H3,(H,19,22)(H,20,21)(H,23,24)/p-1. The molecule has 0 aliphatic carbocycles. The van der Waals surface area contributed by atoms with Crippen molar-refractivity contribution in [3.05, 3.63) is 56.7 Å². The molecule has 128 valence electrons. The first-order valence-electron chi connectivity index (χ1n) is 7.47.